The molecule has 0 aliphatic carbocycles. The van der Waals surface area contributed by atoms with E-state index in [0.29, 0.717) is 9.90 Å². The highest BCUT2D eigenvalue weighted by Gasteiger charge is 2.20. The first-order chi connectivity index (χ1) is 9.75. The number of rotatable bonds is 2. The maximum atomic E-state index is 12.4. The summed E-state index contributed by atoms with van der Waals surface area (Å²) < 4.78 is 0. The van der Waals surface area contributed by atoms with Gasteiger partial charge in [0.05, 0.1) is 11.2 Å². The molecular formula is C14H14ClN3OS. The molecule has 1 saturated heterocycles. The molecule has 3 rings (SSSR count). The summed E-state index contributed by atoms with van der Waals surface area (Å²) in [4.78, 5) is 19.2. The van der Waals surface area contributed by atoms with Crippen LogP contribution in [0.2, 0.25) is 5.02 Å². The van der Waals surface area contributed by atoms with Gasteiger partial charge in [0.15, 0.2) is 0 Å². The van der Waals surface area contributed by atoms with Crippen LogP contribution in [0.1, 0.15) is 9.67 Å². The van der Waals surface area contributed by atoms with E-state index < -0.39 is 0 Å². The number of thiazole rings is 1. The molecule has 1 aromatic heterocycles. The Hall–Kier alpha value is -1.43. The molecule has 1 aromatic carbocycles. The van der Waals surface area contributed by atoms with Gasteiger partial charge in [0.1, 0.15) is 9.88 Å². The van der Waals surface area contributed by atoms with Crippen molar-refractivity contribution in [3.63, 3.8) is 0 Å². The van der Waals surface area contributed by atoms with Gasteiger partial charge < -0.3 is 10.2 Å². The number of halogens is 1. The Kier molecular flexibility index (Phi) is 4.00. The third kappa shape index (κ3) is 2.70. The monoisotopic (exact) mass is 307 g/mol. The van der Waals surface area contributed by atoms with E-state index in [1.165, 1.54) is 11.3 Å². The van der Waals surface area contributed by atoms with Gasteiger partial charge in [-0.3, -0.25) is 4.79 Å². The molecule has 1 N–H and O–H groups in total. The fourth-order valence-electron chi connectivity index (χ4n) is 2.16. The van der Waals surface area contributed by atoms with Gasteiger partial charge in [-0.2, -0.15) is 0 Å². The van der Waals surface area contributed by atoms with E-state index in [2.05, 4.69) is 10.3 Å². The molecule has 1 aliphatic rings. The van der Waals surface area contributed by atoms with Crippen molar-refractivity contribution in [3.05, 3.63) is 40.4 Å². The van der Waals surface area contributed by atoms with Gasteiger partial charge in [0.25, 0.3) is 5.91 Å². The number of carbonyl (C=O) groups is 1. The van der Waals surface area contributed by atoms with Crippen LogP contribution in [-0.2, 0) is 0 Å². The number of nitrogens with one attached hydrogen (secondary N) is 1. The Morgan fingerprint density at radius 2 is 2.05 bits per heavy atom. The molecule has 0 spiro atoms. The lowest BCUT2D eigenvalue weighted by Gasteiger charge is -2.26. The lowest BCUT2D eigenvalue weighted by atomic mass is 10.2. The molecule has 104 valence electrons. The summed E-state index contributed by atoms with van der Waals surface area (Å²) >= 11 is 7.55. The molecule has 2 heterocycles. The molecule has 0 bridgehead atoms. The Bertz CT molecular complexity index is 622. The molecule has 1 fully saturated rings. The van der Waals surface area contributed by atoms with E-state index in [-0.39, 0.29) is 5.91 Å². The number of benzene rings is 1. The summed E-state index contributed by atoms with van der Waals surface area (Å²) in [7, 11) is 0. The smallest absolute Gasteiger partial charge is 0.265 e. The topological polar surface area (TPSA) is 45.2 Å². The number of amides is 1. The minimum Gasteiger partial charge on any atom is -0.335 e. The van der Waals surface area contributed by atoms with E-state index in [4.69, 9.17) is 11.6 Å². The third-order valence-corrected chi connectivity index (χ3v) is 4.57. The number of hydrogen-bond acceptors (Lipinski definition) is 4. The SMILES string of the molecule is O=C(c1cnc(-c2ccccc2Cl)s1)N1CCNCC1. The summed E-state index contributed by atoms with van der Waals surface area (Å²) in [6.07, 6.45) is 1.65. The highest BCUT2D eigenvalue weighted by Crippen LogP contribution is 2.31. The van der Waals surface area contributed by atoms with Crippen LogP contribution in [-0.4, -0.2) is 42.0 Å². The zero-order chi connectivity index (χ0) is 13.9. The van der Waals surface area contributed by atoms with Crippen LogP contribution < -0.4 is 5.32 Å². The summed E-state index contributed by atoms with van der Waals surface area (Å²) in [6.45, 7) is 3.19. The minimum absolute atomic E-state index is 0.0577. The predicted octanol–water partition coefficient (Wildman–Crippen LogP) is 2.51. The second kappa shape index (κ2) is 5.91. The molecule has 2 aromatic rings. The normalized spacial score (nSPS) is 15.3. The van der Waals surface area contributed by atoms with E-state index in [9.17, 15) is 4.79 Å². The van der Waals surface area contributed by atoms with E-state index in [1.54, 1.807) is 6.20 Å². The highest BCUT2D eigenvalue weighted by atomic mass is 35.5. The number of aromatic nitrogens is 1. The lowest BCUT2D eigenvalue weighted by molar-refractivity contribution is 0.0740. The van der Waals surface area contributed by atoms with Crippen molar-refractivity contribution in [2.75, 3.05) is 26.2 Å². The minimum atomic E-state index is 0.0577. The van der Waals surface area contributed by atoms with Gasteiger partial charge >= 0.3 is 0 Å². The van der Waals surface area contributed by atoms with E-state index in [1.807, 2.05) is 29.2 Å². The molecule has 6 heteroatoms. The second-order valence-corrected chi connectivity index (χ2v) is 5.99. The summed E-state index contributed by atoms with van der Waals surface area (Å²) in [6, 6.07) is 7.54. The number of carbonyl (C=O) groups excluding carboxylic acids is 1. The van der Waals surface area contributed by atoms with Crippen LogP contribution in [0.25, 0.3) is 10.6 Å². The predicted molar refractivity (Wildman–Crippen MR) is 81.3 cm³/mol. The van der Waals surface area contributed by atoms with Crippen LogP contribution in [0.15, 0.2) is 30.5 Å². The summed E-state index contributed by atoms with van der Waals surface area (Å²) in [5, 5.41) is 4.68. The van der Waals surface area contributed by atoms with E-state index in [0.717, 1.165) is 36.8 Å². The third-order valence-electron chi connectivity index (χ3n) is 3.22. The molecule has 20 heavy (non-hydrogen) atoms. The standard InChI is InChI=1S/C14H14ClN3OS/c15-11-4-2-1-3-10(11)13-17-9-12(20-13)14(19)18-7-5-16-6-8-18/h1-4,9,16H,5-8H2. The largest absolute Gasteiger partial charge is 0.335 e. The molecule has 1 aliphatic heterocycles. The number of hydrogen-bond donors (Lipinski definition) is 1. The van der Waals surface area contributed by atoms with Crippen LogP contribution in [0.3, 0.4) is 0 Å². The molecule has 0 radical (unpaired) electrons. The van der Waals surface area contributed by atoms with Gasteiger partial charge in [0.2, 0.25) is 0 Å². The Labute approximate surface area is 126 Å². The number of nitrogens with zero attached hydrogens (tertiary/aromatic N) is 2. The summed E-state index contributed by atoms with van der Waals surface area (Å²) in [5.41, 5.74) is 0.874. The van der Waals surface area contributed by atoms with Crippen LogP contribution >= 0.6 is 22.9 Å². The maximum absolute atomic E-state index is 12.4. The zero-order valence-electron chi connectivity index (χ0n) is 10.8. The van der Waals surface area contributed by atoms with Crippen molar-refractivity contribution < 1.29 is 4.79 Å². The average Bonchev–Trinajstić information content (AvgIpc) is 2.97. The Morgan fingerprint density at radius 1 is 1.30 bits per heavy atom. The molecular weight excluding hydrogens is 294 g/mol. The fourth-order valence-corrected chi connectivity index (χ4v) is 3.36. The van der Waals surface area contributed by atoms with Crippen molar-refractivity contribution in [2.24, 2.45) is 0 Å². The van der Waals surface area contributed by atoms with Gasteiger partial charge in [-0.15, -0.1) is 11.3 Å². The first kappa shape index (κ1) is 13.5. The van der Waals surface area contributed by atoms with Gasteiger partial charge in [-0.1, -0.05) is 29.8 Å². The van der Waals surface area contributed by atoms with Gasteiger partial charge in [-0.05, 0) is 6.07 Å². The van der Waals surface area contributed by atoms with Crippen molar-refractivity contribution >= 4 is 28.8 Å². The lowest BCUT2D eigenvalue weighted by Crippen LogP contribution is -2.46. The van der Waals surface area contributed by atoms with Crippen LogP contribution in [0.5, 0.6) is 0 Å². The first-order valence-corrected chi connectivity index (χ1v) is 7.66. The molecule has 0 saturated carbocycles. The molecule has 0 unspecified atom stereocenters. The fraction of sp³-hybridized carbons (Fsp3) is 0.286. The molecule has 0 atom stereocenters. The molecule has 4 nitrogen and oxygen atoms in total. The zero-order valence-corrected chi connectivity index (χ0v) is 12.4. The van der Waals surface area contributed by atoms with Crippen molar-refractivity contribution in [1.82, 2.24) is 15.2 Å². The van der Waals surface area contributed by atoms with Crippen molar-refractivity contribution in [1.29, 1.82) is 0 Å². The maximum Gasteiger partial charge on any atom is 0.265 e. The van der Waals surface area contributed by atoms with Crippen molar-refractivity contribution in [2.45, 2.75) is 0 Å². The average molecular weight is 308 g/mol. The Balaban J connectivity index is 1.83. The summed E-state index contributed by atoms with van der Waals surface area (Å²) in [5.74, 6) is 0.0577. The van der Waals surface area contributed by atoms with Crippen LogP contribution in [0.4, 0.5) is 0 Å². The van der Waals surface area contributed by atoms with E-state index >= 15 is 0 Å². The van der Waals surface area contributed by atoms with Crippen molar-refractivity contribution in [3.8, 4) is 10.6 Å². The molecule has 1 amide bonds. The second-order valence-electron chi connectivity index (χ2n) is 4.55. The first-order valence-electron chi connectivity index (χ1n) is 6.46. The quantitative estimate of drug-likeness (QED) is 0.927. The van der Waals surface area contributed by atoms with Gasteiger partial charge in [-0.25, -0.2) is 4.98 Å². The van der Waals surface area contributed by atoms with Crippen LogP contribution in [0, 0.1) is 0 Å². The highest BCUT2D eigenvalue weighted by molar-refractivity contribution is 7.17. The van der Waals surface area contributed by atoms with Gasteiger partial charge in [0, 0.05) is 31.7 Å². The number of piperazine rings is 1. The Morgan fingerprint density at radius 3 is 2.80 bits per heavy atom.